The maximum atomic E-state index is 10.4. The lowest BCUT2D eigenvalue weighted by molar-refractivity contribution is 0.0606. The second-order valence-electron chi connectivity index (χ2n) is 6.85. The smallest absolute Gasteiger partial charge is 0.125 e. The molecule has 1 heterocycles. The number of rotatable bonds is 0. The number of thiophene rings is 1. The maximum absolute atomic E-state index is 10.4. The molecule has 0 bridgehead atoms. The molecule has 2 fully saturated rings. The highest BCUT2D eigenvalue weighted by atomic mass is 32.1. The van der Waals surface area contributed by atoms with Crippen molar-refractivity contribution in [2.45, 2.75) is 75.4 Å². The molecule has 2 N–H and O–H groups in total. The maximum Gasteiger partial charge on any atom is 0.125 e. The first kappa shape index (κ1) is 16.6. The fourth-order valence-corrected chi connectivity index (χ4v) is 4.06. The molecule has 0 radical (unpaired) electrons. The third-order valence-electron chi connectivity index (χ3n) is 4.80. The standard InChI is InChI=1S/C20H24O2S/c21-19(11-3-1-4-12-19)15-9-17-7-8-18(23-17)10-16-20(22)13-5-2-6-14-20/h7-8,21-22H,1-6,11-14H2. The van der Waals surface area contributed by atoms with E-state index >= 15 is 0 Å². The quantitative estimate of drug-likeness (QED) is 0.710. The molecule has 3 heteroatoms. The topological polar surface area (TPSA) is 40.5 Å². The Hall–Kier alpha value is -1.26. The Labute approximate surface area is 142 Å². The fraction of sp³-hybridized carbons (Fsp3) is 0.600. The van der Waals surface area contributed by atoms with Crippen molar-refractivity contribution in [3.63, 3.8) is 0 Å². The van der Waals surface area contributed by atoms with Crippen molar-refractivity contribution in [2.75, 3.05) is 0 Å². The van der Waals surface area contributed by atoms with E-state index in [0.29, 0.717) is 0 Å². The first-order valence-electron chi connectivity index (χ1n) is 8.68. The van der Waals surface area contributed by atoms with Crippen LogP contribution in [0.1, 0.15) is 74.0 Å². The van der Waals surface area contributed by atoms with Crippen LogP contribution < -0.4 is 0 Å². The minimum atomic E-state index is -0.800. The van der Waals surface area contributed by atoms with Gasteiger partial charge in [0.25, 0.3) is 0 Å². The van der Waals surface area contributed by atoms with E-state index in [9.17, 15) is 10.2 Å². The summed E-state index contributed by atoms with van der Waals surface area (Å²) in [5, 5.41) is 20.8. The monoisotopic (exact) mass is 328 g/mol. The molecule has 0 atom stereocenters. The van der Waals surface area contributed by atoms with Crippen molar-refractivity contribution in [1.82, 2.24) is 0 Å². The highest BCUT2D eigenvalue weighted by Gasteiger charge is 2.27. The van der Waals surface area contributed by atoms with Crippen LogP contribution >= 0.6 is 11.3 Å². The second-order valence-corrected chi connectivity index (χ2v) is 7.93. The van der Waals surface area contributed by atoms with E-state index in [4.69, 9.17) is 0 Å². The van der Waals surface area contributed by atoms with Gasteiger partial charge in [-0.05, 0) is 63.5 Å². The predicted molar refractivity (Wildman–Crippen MR) is 94.1 cm³/mol. The van der Waals surface area contributed by atoms with Crippen LogP contribution in [-0.2, 0) is 0 Å². The fourth-order valence-electron chi connectivity index (χ4n) is 3.35. The third kappa shape index (κ3) is 4.61. The SMILES string of the molecule is OC1(C#Cc2ccc(C#CC3(O)CCCCC3)s2)CCCCC1. The molecule has 0 spiro atoms. The Morgan fingerprint density at radius 3 is 1.48 bits per heavy atom. The lowest BCUT2D eigenvalue weighted by Crippen LogP contribution is -2.29. The van der Waals surface area contributed by atoms with Crippen molar-refractivity contribution in [3.05, 3.63) is 21.9 Å². The normalized spacial score (nSPS) is 22.3. The molecule has 1 aromatic rings. The second kappa shape index (κ2) is 7.10. The Morgan fingerprint density at radius 2 is 1.09 bits per heavy atom. The van der Waals surface area contributed by atoms with E-state index in [-0.39, 0.29) is 0 Å². The molecule has 0 aromatic carbocycles. The van der Waals surface area contributed by atoms with E-state index in [1.807, 2.05) is 12.1 Å². The largest absolute Gasteiger partial charge is 0.378 e. The summed E-state index contributed by atoms with van der Waals surface area (Å²) in [6, 6.07) is 3.91. The van der Waals surface area contributed by atoms with E-state index in [1.165, 1.54) is 24.2 Å². The number of hydrogen-bond acceptors (Lipinski definition) is 3. The minimum absolute atomic E-state index is 0.783. The zero-order valence-electron chi connectivity index (χ0n) is 13.5. The molecule has 0 aliphatic heterocycles. The van der Waals surface area contributed by atoms with Gasteiger partial charge in [-0.15, -0.1) is 11.3 Å². The predicted octanol–water partition coefficient (Wildman–Crippen LogP) is 3.84. The number of aliphatic hydroxyl groups is 2. The van der Waals surface area contributed by atoms with Gasteiger partial charge in [-0.2, -0.15) is 0 Å². The summed E-state index contributed by atoms with van der Waals surface area (Å²) in [6.45, 7) is 0. The van der Waals surface area contributed by atoms with Gasteiger partial charge < -0.3 is 10.2 Å². The van der Waals surface area contributed by atoms with Crippen molar-refractivity contribution in [2.24, 2.45) is 0 Å². The molecule has 0 amide bonds. The van der Waals surface area contributed by atoms with Gasteiger partial charge in [0.15, 0.2) is 0 Å². The molecule has 0 unspecified atom stereocenters. The summed E-state index contributed by atoms with van der Waals surface area (Å²) in [5.74, 6) is 12.3. The molecular weight excluding hydrogens is 304 g/mol. The van der Waals surface area contributed by atoms with Crippen LogP contribution in [0, 0.1) is 23.7 Å². The molecule has 0 saturated heterocycles. The first-order valence-corrected chi connectivity index (χ1v) is 9.50. The number of hydrogen-bond donors (Lipinski definition) is 2. The van der Waals surface area contributed by atoms with Crippen LogP contribution in [0.25, 0.3) is 0 Å². The van der Waals surface area contributed by atoms with Gasteiger partial charge in [-0.25, -0.2) is 0 Å². The van der Waals surface area contributed by atoms with Crippen LogP contribution in [0.2, 0.25) is 0 Å². The van der Waals surface area contributed by atoms with Crippen molar-refractivity contribution >= 4 is 11.3 Å². The Balaban J connectivity index is 1.67. The minimum Gasteiger partial charge on any atom is -0.378 e. The van der Waals surface area contributed by atoms with Gasteiger partial charge in [0.05, 0.1) is 9.75 Å². The average molecular weight is 328 g/mol. The van der Waals surface area contributed by atoms with Crippen LogP contribution in [0.4, 0.5) is 0 Å². The van der Waals surface area contributed by atoms with Gasteiger partial charge in [-0.1, -0.05) is 36.5 Å². The summed E-state index contributed by atoms with van der Waals surface area (Å²) in [6.07, 6.45) is 9.77. The molecule has 2 aliphatic carbocycles. The summed E-state index contributed by atoms with van der Waals surface area (Å²) < 4.78 is 0. The highest BCUT2D eigenvalue weighted by molar-refractivity contribution is 7.13. The van der Waals surface area contributed by atoms with Crippen LogP contribution in [0.3, 0.4) is 0 Å². The Bertz CT molecular complexity index is 597. The van der Waals surface area contributed by atoms with E-state index in [0.717, 1.165) is 61.1 Å². The van der Waals surface area contributed by atoms with Gasteiger partial charge in [0.1, 0.15) is 11.2 Å². The molecular formula is C20H24O2S. The molecule has 3 rings (SSSR count). The highest BCUT2D eigenvalue weighted by Crippen LogP contribution is 2.28. The Morgan fingerprint density at radius 1 is 0.696 bits per heavy atom. The van der Waals surface area contributed by atoms with Crippen LogP contribution in [0.15, 0.2) is 12.1 Å². The van der Waals surface area contributed by atoms with Gasteiger partial charge >= 0.3 is 0 Å². The van der Waals surface area contributed by atoms with Crippen molar-refractivity contribution in [3.8, 4) is 23.7 Å². The zero-order chi connectivity index (χ0) is 16.2. The van der Waals surface area contributed by atoms with E-state index in [2.05, 4.69) is 23.7 Å². The molecule has 122 valence electrons. The third-order valence-corrected chi connectivity index (χ3v) is 5.72. The molecule has 1 aromatic heterocycles. The zero-order valence-corrected chi connectivity index (χ0v) is 14.3. The van der Waals surface area contributed by atoms with Gasteiger partial charge in [-0.3, -0.25) is 0 Å². The Kier molecular flexibility index (Phi) is 5.12. The van der Waals surface area contributed by atoms with Crippen molar-refractivity contribution < 1.29 is 10.2 Å². The summed E-state index contributed by atoms with van der Waals surface area (Å²) >= 11 is 1.54. The van der Waals surface area contributed by atoms with Gasteiger partial charge in [0.2, 0.25) is 0 Å². The van der Waals surface area contributed by atoms with Crippen LogP contribution in [0.5, 0.6) is 0 Å². The summed E-state index contributed by atoms with van der Waals surface area (Å²) in [5.41, 5.74) is -1.60. The molecule has 2 aliphatic rings. The summed E-state index contributed by atoms with van der Waals surface area (Å²) in [7, 11) is 0. The first-order chi connectivity index (χ1) is 11.1. The molecule has 2 nitrogen and oxygen atoms in total. The van der Waals surface area contributed by atoms with Crippen LogP contribution in [-0.4, -0.2) is 21.4 Å². The van der Waals surface area contributed by atoms with E-state index in [1.54, 1.807) is 0 Å². The van der Waals surface area contributed by atoms with Gasteiger partial charge in [0, 0.05) is 0 Å². The van der Waals surface area contributed by atoms with Crippen molar-refractivity contribution in [1.29, 1.82) is 0 Å². The molecule has 23 heavy (non-hydrogen) atoms. The lowest BCUT2D eigenvalue weighted by atomic mass is 9.85. The lowest BCUT2D eigenvalue weighted by Gasteiger charge is -2.26. The van der Waals surface area contributed by atoms with E-state index < -0.39 is 11.2 Å². The molecule has 2 saturated carbocycles. The summed E-state index contributed by atoms with van der Waals surface area (Å²) in [4.78, 5) is 1.87. The average Bonchev–Trinajstić information content (AvgIpc) is 3.01.